The van der Waals surface area contributed by atoms with Gasteiger partial charge in [0.1, 0.15) is 0 Å². The minimum absolute atomic E-state index is 0.0387. The van der Waals surface area contributed by atoms with Gasteiger partial charge >= 0.3 is 0 Å². The Kier molecular flexibility index (Phi) is 4.11. The Hall–Kier alpha value is -1.23. The van der Waals surface area contributed by atoms with E-state index in [9.17, 15) is 0 Å². The molecule has 2 aromatic carbocycles. The van der Waals surface area contributed by atoms with Gasteiger partial charge in [-0.2, -0.15) is 0 Å². The number of hydrogen-bond acceptors (Lipinski definition) is 3. The summed E-state index contributed by atoms with van der Waals surface area (Å²) in [6.45, 7) is 0.604. The number of aliphatic imine (C=N–C) groups is 1. The summed E-state index contributed by atoms with van der Waals surface area (Å²) in [5.41, 5.74) is 8.08. The molecule has 1 heterocycles. The third-order valence-corrected chi connectivity index (χ3v) is 4.90. The van der Waals surface area contributed by atoms with Crippen LogP contribution in [0.15, 0.2) is 51.9 Å². The second kappa shape index (κ2) is 5.87. The van der Waals surface area contributed by atoms with Crippen LogP contribution < -0.4 is 10.6 Å². The Morgan fingerprint density at radius 3 is 2.52 bits per heavy atom. The molecule has 2 N–H and O–H groups in total. The predicted octanol–water partition coefficient (Wildman–Crippen LogP) is 4.63. The second-order valence-electron chi connectivity index (χ2n) is 4.73. The molecule has 0 aromatic heterocycles. The van der Waals surface area contributed by atoms with E-state index in [1.807, 2.05) is 47.4 Å². The molecule has 1 unspecified atom stereocenters. The van der Waals surface area contributed by atoms with Gasteiger partial charge in [0, 0.05) is 15.2 Å². The lowest BCUT2D eigenvalue weighted by atomic mass is 10.1. The number of nitrogens with two attached hydrogens (primary N) is 1. The molecule has 2 aromatic rings. The highest BCUT2D eigenvalue weighted by Crippen LogP contribution is 2.34. The molecule has 3 nitrogen and oxygen atoms in total. The van der Waals surface area contributed by atoms with E-state index in [0.29, 0.717) is 22.5 Å². The maximum atomic E-state index is 6.19. The van der Waals surface area contributed by atoms with Crippen LogP contribution in [0.2, 0.25) is 10.0 Å². The quantitative estimate of drug-likeness (QED) is 0.819. The van der Waals surface area contributed by atoms with Crippen molar-refractivity contribution < 1.29 is 0 Å². The van der Waals surface area contributed by atoms with E-state index in [4.69, 9.17) is 28.9 Å². The minimum Gasteiger partial charge on any atom is -0.369 e. The molecule has 21 heavy (non-hydrogen) atoms. The SMILES string of the molecule is NC1=NCC(c2ccc(Br)c(Cl)c2)N1c1ccc(Cl)cc1. The van der Waals surface area contributed by atoms with Crippen molar-refractivity contribution in [3.63, 3.8) is 0 Å². The first-order valence-corrected chi connectivity index (χ1v) is 7.91. The minimum atomic E-state index is 0.0387. The lowest BCUT2D eigenvalue weighted by molar-refractivity contribution is 0.768. The van der Waals surface area contributed by atoms with Crippen molar-refractivity contribution in [1.29, 1.82) is 0 Å². The average Bonchev–Trinajstić information content (AvgIpc) is 2.85. The zero-order valence-electron chi connectivity index (χ0n) is 10.9. The highest BCUT2D eigenvalue weighted by Gasteiger charge is 2.29. The van der Waals surface area contributed by atoms with Gasteiger partial charge in [-0.25, -0.2) is 0 Å². The monoisotopic (exact) mass is 383 g/mol. The molecule has 0 amide bonds. The summed E-state index contributed by atoms with van der Waals surface area (Å²) in [4.78, 5) is 6.35. The third-order valence-electron chi connectivity index (χ3n) is 3.42. The number of benzene rings is 2. The van der Waals surface area contributed by atoms with E-state index in [1.165, 1.54) is 0 Å². The fourth-order valence-electron chi connectivity index (χ4n) is 2.39. The summed E-state index contributed by atoms with van der Waals surface area (Å²) in [5, 5.41) is 1.37. The first-order chi connectivity index (χ1) is 10.1. The average molecular weight is 385 g/mol. The first kappa shape index (κ1) is 14.7. The number of rotatable bonds is 2. The zero-order valence-corrected chi connectivity index (χ0v) is 14.0. The highest BCUT2D eigenvalue weighted by molar-refractivity contribution is 9.10. The van der Waals surface area contributed by atoms with Crippen LogP contribution in [0.1, 0.15) is 11.6 Å². The number of anilines is 1. The molecule has 0 saturated heterocycles. The Morgan fingerprint density at radius 1 is 1.14 bits per heavy atom. The summed E-state index contributed by atoms with van der Waals surface area (Å²) in [7, 11) is 0. The topological polar surface area (TPSA) is 41.6 Å². The fraction of sp³-hybridized carbons (Fsp3) is 0.133. The van der Waals surface area contributed by atoms with Crippen molar-refractivity contribution in [3.8, 4) is 0 Å². The van der Waals surface area contributed by atoms with Gasteiger partial charge in [0.25, 0.3) is 0 Å². The molecule has 108 valence electrons. The number of hydrogen-bond donors (Lipinski definition) is 1. The Morgan fingerprint density at radius 2 is 1.86 bits per heavy atom. The maximum absolute atomic E-state index is 6.19. The van der Waals surface area contributed by atoms with Gasteiger partial charge in [-0.3, -0.25) is 4.99 Å². The van der Waals surface area contributed by atoms with Crippen LogP contribution in [0, 0.1) is 0 Å². The van der Waals surface area contributed by atoms with Crippen molar-refractivity contribution in [2.24, 2.45) is 10.7 Å². The molecular weight excluding hydrogens is 373 g/mol. The molecule has 0 spiro atoms. The molecule has 0 bridgehead atoms. The van der Waals surface area contributed by atoms with Gasteiger partial charge in [0.2, 0.25) is 0 Å². The molecular formula is C15H12BrCl2N3. The highest BCUT2D eigenvalue weighted by atomic mass is 79.9. The molecule has 0 aliphatic carbocycles. The third kappa shape index (κ3) is 2.89. The molecule has 0 radical (unpaired) electrons. The van der Waals surface area contributed by atoms with Crippen molar-refractivity contribution in [3.05, 3.63) is 62.5 Å². The fourth-order valence-corrected chi connectivity index (χ4v) is 2.95. The first-order valence-electron chi connectivity index (χ1n) is 6.36. The van der Waals surface area contributed by atoms with Crippen LogP contribution in [-0.4, -0.2) is 12.5 Å². The number of halogens is 3. The van der Waals surface area contributed by atoms with E-state index >= 15 is 0 Å². The van der Waals surface area contributed by atoms with Crippen LogP contribution in [0.5, 0.6) is 0 Å². The molecule has 1 atom stereocenters. The molecule has 0 fully saturated rings. The van der Waals surface area contributed by atoms with E-state index in [1.54, 1.807) is 0 Å². The zero-order chi connectivity index (χ0) is 15.0. The lowest BCUT2D eigenvalue weighted by Gasteiger charge is -2.27. The van der Waals surface area contributed by atoms with Gasteiger partial charge in [0.05, 0.1) is 17.6 Å². The molecule has 0 saturated carbocycles. The summed E-state index contributed by atoms with van der Waals surface area (Å²) < 4.78 is 0.873. The van der Waals surface area contributed by atoms with E-state index < -0.39 is 0 Å². The summed E-state index contributed by atoms with van der Waals surface area (Å²) in [6, 6.07) is 13.5. The Balaban J connectivity index is 1.98. The molecule has 6 heteroatoms. The lowest BCUT2D eigenvalue weighted by Crippen LogP contribution is -2.36. The van der Waals surface area contributed by atoms with Gasteiger partial charge in [-0.15, -0.1) is 0 Å². The number of nitrogens with zero attached hydrogens (tertiary/aromatic N) is 2. The van der Waals surface area contributed by atoms with Crippen LogP contribution in [0.4, 0.5) is 5.69 Å². The van der Waals surface area contributed by atoms with Crippen molar-refractivity contribution in [1.82, 2.24) is 0 Å². The standard InChI is InChI=1S/C15H12BrCl2N3/c16-12-6-1-9(7-13(12)18)14-8-20-15(19)21(14)11-4-2-10(17)3-5-11/h1-7,14H,8H2,(H2,19,20). The summed E-state index contributed by atoms with van der Waals surface area (Å²) in [5.74, 6) is 0.501. The van der Waals surface area contributed by atoms with Gasteiger partial charge < -0.3 is 10.6 Å². The van der Waals surface area contributed by atoms with E-state index in [2.05, 4.69) is 20.9 Å². The second-order valence-corrected chi connectivity index (χ2v) is 6.43. The van der Waals surface area contributed by atoms with Crippen molar-refractivity contribution in [2.75, 3.05) is 11.4 Å². The van der Waals surface area contributed by atoms with Crippen LogP contribution in [0.25, 0.3) is 0 Å². The predicted molar refractivity (Wildman–Crippen MR) is 92.3 cm³/mol. The van der Waals surface area contributed by atoms with Crippen molar-refractivity contribution in [2.45, 2.75) is 6.04 Å². The van der Waals surface area contributed by atoms with Gasteiger partial charge in [-0.05, 0) is 57.9 Å². The Bertz CT molecular complexity index is 701. The smallest absolute Gasteiger partial charge is 0.196 e. The van der Waals surface area contributed by atoms with Crippen LogP contribution in [-0.2, 0) is 0 Å². The molecule has 3 rings (SSSR count). The molecule has 1 aliphatic heterocycles. The van der Waals surface area contributed by atoms with Gasteiger partial charge in [-0.1, -0.05) is 29.3 Å². The molecule has 1 aliphatic rings. The largest absolute Gasteiger partial charge is 0.369 e. The normalized spacial score (nSPS) is 18.0. The van der Waals surface area contributed by atoms with E-state index in [-0.39, 0.29) is 6.04 Å². The van der Waals surface area contributed by atoms with Crippen molar-refractivity contribution >= 4 is 50.8 Å². The summed E-state index contributed by atoms with van der Waals surface area (Å²) >= 11 is 15.5. The maximum Gasteiger partial charge on any atom is 0.196 e. The summed E-state index contributed by atoms with van der Waals surface area (Å²) in [6.07, 6.45) is 0. The van der Waals surface area contributed by atoms with E-state index in [0.717, 1.165) is 15.7 Å². The number of guanidine groups is 1. The Labute approximate surface area is 141 Å². The van der Waals surface area contributed by atoms with Gasteiger partial charge in [0.15, 0.2) is 5.96 Å². The van der Waals surface area contributed by atoms with Crippen LogP contribution in [0.3, 0.4) is 0 Å². The van der Waals surface area contributed by atoms with Crippen LogP contribution >= 0.6 is 39.1 Å².